The van der Waals surface area contributed by atoms with Crippen molar-refractivity contribution in [2.45, 2.75) is 57.4 Å². The molecule has 0 saturated carbocycles. The average Bonchev–Trinajstić information content (AvgIpc) is 2.34. The van der Waals surface area contributed by atoms with E-state index in [1.165, 1.54) is 6.42 Å². The van der Waals surface area contributed by atoms with Gasteiger partial charge in [0.25, 0.3) is 0 Å². The van der Waals surface area contributed by atoms with E-state index in [2.05, 4.69) is 19.2 Å². The molecule has 1 amide bonds. The van der Waals surface area contributed by atoms with E-state index in [0.29, 0.717) is 18.9 Å². The predicted molar refractivity (Wildman–Crippen MR) is 70.3 cm³/mol. The summed E-state index contributed by atoms with van der Waals surface area (Å²) in [4.78, 5) is 11.6. The monoisotopic (exact) mass is 261 g/mol. The van der Waals surface area contributed by atoms with Gasteiger partial charge in [-0.25, -0.2) is 0 Å². The summed E-state index contributed by atoms with van der Waals surface area (Å²) >= 11 is 6.07. The van der Waals surface area contributed by atoms with Crippen LogP contribution in [0.15, 0.2) is 0 Å². The topological polar surface area (TPSA) is 38.3 Å². The first-order valence-corrected chi connectivity index (χ1v) is 7.05. The van der Waals surface area contributed by atoms with Crippen LogP contribution in [0.4, 0.5) is 0 Å². The molecule has 17 heavy (non-hydrogen) atoms. The molecule has 0 spiro atoms. The van der Waals surface area contributed by atoms with E-state index < -0.39 is 0 Å². The Labute approximate surface area is 109 Å². The second-order valence-electron chi connectivity index (χ2n) is 5.09. The van der Waals surface area contributed by atoms with Gasteiger partial charge in [-0.1, -0.05) is 13.8 Å². The van der Waals surface area contributed by atoms with E-state index in [-0.39, 0.29) is 17.4 Å². The number of hydrogen-bond donors (Lipinski definition) is 1. The predicted octanol–water partition coefficient (Wildman–Crippen LogP) is 2.72. The molecule has 100 valence electrons. The fraction of sp³-hybridized carbons (Fsp3) is 0.923. The van der Waals surface area contributed by atoms with Gasteiger partial charge < -0.3 is 10.1 Å². The van der Waals surface area contributed by atoms with Crippen LogP contribution in [0.2, 0.25) is 0 Å². The first-order chi connectivity index (χ1) is 8.09. The van der Waals surface area contributed by atoms with Gasteiger partial charge in [-0.2, -0.15) is 0 Å². The van der Waals surface area contributed by atoms with Crippen molar-refractivity contribution in [1.29, 1.82) is 0 Å². The van der Waals surface area contributed by atoms with Gasteiger partial charge in [0, 0.05) is 19.6 Å². The summed E-state index contributed by atoms with van der Waals surface area (Å²) < 4.78 is 5.59. The SMILES string of the molecule is CC(C)C(Cl)CNC(=O)CCC1CCCCO1. The molecule has 1 N–H and O–H groups in total. The Bertz CT molecular complexity index is 227. The number of alkyl halides is 1. The van der Waals surface area contributed by atoms with Crippen LogP contribution in [0, 0.1) is 5.92 Å². The molecule has 0 aromatic rings. The molecule has 1 fully saturated rings. The third-order valence-electron chi connectivity index (χ3n) is 3.18. The minimum absolute atomic E-state index is 0.0184. The maximum absolute atomic E-state index is 11.6. The van der Waals surface area contributed by atoms with Gasteiger partial charge in [0.2, 0.25) is 5.91 Å². The van der Waals surface area contributed by atoms with Crippen LogP contribution in [0.3, 0.4) is 0 Å². The summed E-state index contributed by atoms with van der Waals surface area (Å²) in [5.74, 6) is 0.476. The summed E-state index contributed by atoms with van der Waals surface area (Å²) in [6.45, 7) is 5.52. The number of carbonyl (C=O) groups excluding carboxylic acids is 1. The molecule has 1 saturated heterocycles. The van der Waals surface area contributed by atoms with Gasteiger partial charge in [0.15, 0.2) is 0 Å². The van der Waals surface area contributed by atoms with Crippen molar-refractivity contribution in [3.8, 4) is 0 Å². The molecule has 4 heteroatoms. The van der Waals surface area contributed by atoms with Crippen molar-refractivity contribution in [3.05, 3.63) is 0 Å². The fourth-order valence-electron chi connectivity index (χ4n) is 1.86. The lowest BCUT2D eigenvalue weighted by Gasteiger charge is -2.22. The highest BCUT2D eigenvalue weighted by atomic mass is 35.5. The van der Waals surface area contributed by atoms with E-state index in [1.807, 2.05) is 0 Å². The average molecular weight is 262 g/mol. The van der Waals surface area contributed by atoms with Gasteiger partial charge in [-0.15, -0.1) is 11.6 Å². The van der Waals surface area contributed by atoms with Crippen LogP contribution in [0.25, 0.3) is 0 Å². The zero-order valence-corrected chi connectivity index (χ0v) is 11.6. The largest absolute Gasteiger partial charge is 0.378 e. The summed E-state index contributed by atoms with van der Waals surface area (Å²) in [5, 5.41) is 2.90. The fourth-order valence-corrected chi connectivity index (χ4v) is 1.94. The van der Waals surface area contributed by atoms with E-state index in [9.17, 15) is 4.79 Å². The molecule has 2 unspecified atom stereocenters. The Morgan fingerprint density at radius 2 is 2.24 bits per heavy atom. The molecule has 1 aliphatic rings. The highest BCUT2D eigenvalue weighted by Gasteiger charge is 2.16. The first kappa shape index (κ1) is 14.8. The van der Waals surface area contributed by atoms with Gasteiger partial charge in [0.05, 0.1) is 11.5 Å². The second kappa shape index (κ2) is 7.93. The zero-order valence-electron chi connectivity index (χ0n) is 10.9. The molecule has 0 aromatic heterocycles. The van der Waals surface area contributed by atoms with E-state index >= 15 is 0 Å². The molecule has 3 nitrogen and oxygen atoms in total. The van der Waals surface area contributed by atoms with E-state index in [4.69, 9.17) is 16.3 Å². The quantitative estimate of drug-likeness (QED) is 0.747. The zero-order chi connectivity index (χ0) is 12.7. The van der Waals surface area contributed by atoms with Crippen LogP contribution in [0.5, 0.6) is 0 Å². The Hall–Kier alpha value is -0.280. The molecular weight excluding hydrogens is 238 g/mol. The molecule has 1 aliphatic heterocycles. The number of rotatable bonds is 6. The highest BCUT2D eigenvalue weighted by molar-refractivity contribution is 6.21. The summed E-state index contributed by atoms with van der Waals surface area (Å²) in [6, 6.07) is 0. The summed E-state index contributed by atoms with van der Waals surface area (Å²) in [5.41, 5.74) is 0. The van der Waals surface area contributed by atoms with Gasteiger partial charge in [0.1, 0.15) is 0 Å². The van der Waals surface area contributed by atoms with Gasteiger partial charge >= 0.3 is 0 Å². The standard InChI is InChI=1S/C13H24ClNO2/c1-10(2)12(14)9-15-13(16)7-6-11-5-3-4-8-17-11/h10-12H,3-9H2,1-2H3,(H,15,16). The Kier molecular flexibility index (Phi) is 6.90. The van der Waals surface area contributed by atoms with E-state index in [1.54, 1.807) is 0 Å². The van der Waals surface area contributed by atoms with E-state index in [0.717, 1.165) is 25.9 Å². The van der Waals surface area contributed by atoms with Crippen LogP contribution in [-0.2, 0) is 9.53 Å². The molecule has 0 bridgehead atoms. The van der Waals surface area contributed by atoms with Crippen LogP contribution < -0.4 is 5.32 Å². The second-order valence-corrected chi connectivity index (χ2v) is 5.65. The summed E-state index contributed by atoms with van der Waals surface area (Å²) in [7, 11) is 0. The third-order valence-corrected chi connectivity index (χ3v) is 3.84. The number of halogens is 1. The van der Waals surface area contributed by atoms with Crippen LogP contribution in [-0.4, -0.2) is 30.5 Å². The molecule has 2 atom stereocenters. The van der Waals surface area contributed by atoms with Crippen molar-refractivity contribution in [2.75, 3.05) is 13.2 Å². The maximum atomic E-state index is 11.6. The third kappa shape index (κ3) is 6.27. The minimum Gasteiger partial charge on any atom is -0.378 e. The number of amides is 1. The number of carbonyl (C=O) groups is 1. The minimum atomic E-state index is 0.0184. The van der Waals surface area contributed by atoms with Gasteiger partial charge in [-0.05, 0) is 31.6 Å². The number of hydrogen-bond acceptors (Lipinski definition) is 2. The molecule has 0 radical (unpaired) electrons. The maximum Gasteiger partial charge on any atom is 0.220 e. The van der Waals surface area contributed by atoms with Crippen LogP contribution in [0.1, 0.15) is 46.0 Å². The van der Waals surface area contributed by atoms with Crippen molar-refractivity contribution < 1.29 is 9.53 Å². The highest BCUT2D eigenvalue weighted by Crippen LogP contribution is 2.16. The van der Waals surface area contributed by atoms with Crippen LogP contribution >= 0.6 is 11.6 Å². The van der Waals surface area contributed by atoms with Crippen molar-refractivity contribution >= 4 is 17.5 Å². The first-order valence-electron chi connectivity index (χ1n) is 6.62. The Morgan fingerprint density at radius 1 is 1.47 bits per heavy atom. The number of nitrogens with one attached hydrogen (secondary N) is 1. The Morgan fingerprint density at radius 3 is 2.82 bits per heavy atom. The Balaban J connectivity index is 2.08. The van der Waals surface area contributed by atoms with Gasteiger partial charge in [-0.3, -0.25) is 4.79 Å². The molecular formula is C13H24ClNO2. The molecule has 1 heterocycles. The molecule has 1 rings (SSSR count). The van der Waals surface area contributed by atoms with Crippen molar-refractivity contribution in [3.63, 3.8) is 0 Å². The van der Waals surface area contributed by atoms with Crippen molar-refractivity contribution in [1.82, 2.24) is 5.32 Å². The smallest absolute Gasteiger partial charge is 0.220 e. The summed E-state index contributed by atoms with van der Waals surface area (Å²) in [6.07, 6.45) is 5.14. The van der Waals surface area contributed by atoms with Crippen molar-refractivity contribution in [2.24, 2.45) is 5.92 Å². The molecule has 0 aliphatic carbocycles. The lowest BCUT2D eigenvalue weighted by atomic mass is 10.0. The molecule has 0 aromatic carbocycles. The lowest BCUT2D eigenvalue weighted by Crippen LogP contribution is -2.32. The lowest BCUT2D eigenvalue weighted by molar-refractivity contribution is -0.122. The normalized spacial score (nSPS) is 22.5. The number of ether oxygens (including phenoxy) is 1.